The van der Waals surface area contributed by atoms with E-state index in [1.807, 2.05) is 0 Å². The van der Waals surface area contributed by atoms with Gasteiger partial charge in [0.1, 0.15) is 0 Å². The standard InChI is InChI=1S/C26H55N.C18H36O2/c1-6-7-8-9-10-11-12-13-14-15-16-17-18-19-20-21-22-23-24-27(25(2)3)26(4)5;1-2-3-4-5-6-7-8-9-10-11-12-13-14-15-16-17-18(19)20/h25-26H,6-24H2,1-5H3;2-17H2,1H3,(H,19,20). The summed E-state index contributed by atoms with van der Waals surface area (Å²) in [5.74, 6) is -0.653. The van der Waals surface area contributed by atoms with E-state index in [9.17, 15) is 4.79 Å². The van der Waals surface area contributed by atoms with Gasteiger partial charge in [0, 0.05) is 18.5 Å². The summed E-state index contributed by atoms with van der Waals surface area (Å²) in [5, 5.41) is 8.52. The quantitative estimate of drug-likeness (QED) is 0.0671. The Morgan fingerprint density at radius 3 is 0.809 bits per heavy atom. The fourth-order valence-electron chi connectivity index (χ4n) is 6.96. The average molecular weight is 666 g/mol. The summed E-state index contributed by atoms with van der Waals surface area (Å²) < 4.78 is 0. The molecule has 0 radical (unpaired) electrons. The van der Waals surface area contributed by atoms with Gasteiger partial charge in [-0.3, -0.25) is 9.69 Å². The second kappa shape index (κ2) is 41.6. The highest BCUT2D eigenvalue weighted by Gasteiger charge is 2.12. The molecule has 0 heterocycles. The lowest BCUT2D eigenvalue weighted by atomic mass is 10.0. The minimum atomic E-state index is -0.653. The molecule has 0 bridgehead atoms. The highest BCUT2D eigenvalue weighted by atomic mass is 16.4. The van der Waals surface area contributed by atoms with Crippen LogP contribution in [0.1, 0.15) is 260 Å². The van der Waals surface area contributed by atoms with Gasteiger partial charge in [-0.05, 0) is 47.1 Å². The van der Waals surface area contributed by atoms with Crippen molar-refractivity contribution in [3.63, 3.8) is 0 Å². The van der Waals surface area contributed by atoms with Crippen LogP contribution in [0.2, 0.25) is 0 Å². The zero-order valence-electron chi connectivity index (χ0n) is 33.7. The first kappa shape index (κ1) is 48.5. The number of hydrogen-bond acceptors (Lipinski definition) is 2. The number of nitrogens with zero attached hydrogens (tertiary/aromatic N) is 1. The molecule has 0 aromatic heterocycles. The van der Waals surface area contributed by atoms with Crippen LogP contribution in [0.25, 0.3) is 0 Å². The van der Waals surface area contributed by atoms with E-state index >= 15 is 0 Å². The molecule has 0 aliphatic carbocycles. The highest BCUT2D eigenvalue weighted by Crippen LogP contribution is 2.16. The number of carbonyl (C=O) groups is 1. The SMILES string of the molecule is CCCCCCCCCCCCCCCCCC(=O)O.CCCCCCCCCCCCCCCCCCCCN(C(C)C)C(C)C. The van der Waals surface area contributed by atoms with Crippen molar-refractivity contribution >= 4 is 5.97 Å². The summed E-state index contributed by atoms with van der Waals surface area (Å²) >= 11 is 0. The van der Waals surface area contributed by atoms with Gasteiger partial charge in [0.25, 0.3) is 0 Å². The van der Waals surface area contributed by atoms with Crippen molar-refractivity contribution in [2.75, 3.05) is 6.54 Å². The van der Waals surface area contributed by atoms with Crippen molar-refractivity contribution in [3.8, 4) is 0 Å². The van der Waals surface area contributed by atoms with Crippen molar-refractivity contribution in [2.45, 2.75) is 272 Å². The second-order valence-electron chi connectivity index (χ2n) is 15.5. The Bertz CT molecular complexity index is 567. The van der Waals surface area contributed by atoms with E-state index in [1.54, 1.807) is 0 Å². The van der Waals surface area contributed by atoms with Crippen LogP contribution < -0.4 is 0 Å². The molecule has 3 nitrogen and oxygen atoms in total. The van der Waals surface area contributed by atoms with E-state index in [2.05, 4.69) is 46.4 Å². The molecule has 47 heavy (non-hydrogen) atoms. The first-order valence-corrected chi connectivity index (χ1v) is 21.8. The van der Waals surface area contributed by atoms with Crippen molar-refractivity contribution in [2.24, 2.45) is 0 Å². The van der Waals surface area contributed by atoms with Gasteiger partial charge < -0.3 is 5.11 Å². The van der Waals surface area contributed by atoms with Gasteiger partial charge in [0.05, 0.1) is 0 Å². The Kier molecular flexibility index (Phi) is 43.0. The average Bonchev–Trinajstić information content (AvgIpc) is 3.03. The van der Waals surface area contributed by atoms with Gasteiger partial charge in [-0.25, -0.2) is 0 Å². The molecule has 0 spiro atoms. The van der Waals surface area contributed by atoms with Crippen molar-refractivity contribution < 1.29 is 9.90 Å². The summed E-state index contributed by atoms with van der Waals surface area (Å²) in [6.07, 6.45) is 46.5. The van der Waals surface area contributed by atoms with Crippen molar-refractivity contribution in [3.05, 3.63) is 0 Å². The first-order chi connectivity index (χ1) is 22.9. The van der Waals surface area contributed by atoms with Crippen LogP contribution in [0.3, 0.4) is 0 Å². The van der Waals surface area contributed by atoms with Crippen LogP contribution in [0.4, 0.5) is 0 Å². The second-order valence-corrected chi connectivity index (χ2v) is 15.5. The molecule has 0 saturated heterocycles. The van der Waals surface area contributed by atoms with Gasteiger partial charge >= 0.3 is 5.97 Å². The van der Waals surface area contributed by atoms with Gasteiger partial charge in [-0.2, -0.15) is 0 Å². The Morgan fingerprint density at radius 1 is 0.383 bits per heavy atom. The topological polar surface area (TPSA) is 40.5 Å². The van der Waals surface area contributed by atoms with E-state index in [1.165, 1.54) is 206 Å². The van der Waals surface area contributed by atoms with Crippen LogP contribution in [0, 0.1) is 0 Å². The van der Waals surface area contributed by atoms with Crippen LogP contribution in [0.15, 0.2) is 0 Å². The third-order valence-electron chi connectivity index (χ3n) is 10.1. The van der Waals surface area contributed by atoms with E-state index in [0.717, 1.165) is 12.8 Å². The molecule has 0 aliphatic rings. The Labute approximate surface area is 298 Å². The molecule has 0 aliphatic heterocycles. The number of unbranched alkanes of at least 4 members (excludes halogenated alkanes) is 31. The molecular formula is C44H91NO2. The van der Waals surface area contributed by atoms with Crippen LogP contribution in [-0.4, -0.2) is 34.6 Å². The molecule has 3 heteroatoms. The molecule has 284 valence electrons. The third kappa shape index (κ3) is 43.4. The molecule has 1 N–H and O–H groups in total. The molecule has 0 saturated carbocycles. The van der Waals surface area contributed by atoms with E-state index in [0.29, 0.717) is 18.5 Å². The largest absolute Gasteiger partial charge is 0.481 e. The summed E-state index contributed by atoms with van der Waals surface area (Å²) in [6, 6.07) is 1.38. The number of carboxylic acids is 1. The summed E-state index contributed by atoms with van der Waals surface area (Å²) in [4.78, 5) is 13.0. The lowest BCUT2D eigenvalue weighted by Crippen LogP contribution is -2.37. The maximum absolute atomic E-state index is 10.3. The lowest BCUT2D eigenvalue weighted by Gasteiger charge is -2.30. The minimum Gasteiger partial charge on any atom is -0.481 e. The normalized spacial score (nSPS) is 11.5. The fraction of sp³-hybridized carbons (Fsp3) is 0.977. The molecule has 0 fully saturated rings. The van der Waals surface area contributed by atoms with E-state index in [4.69, 9.17) is 5.11 Å². The van der Waals surface area contributed by atoms with Gasteiger partial charge in [-0.1, -0.05) is 213 Å². The van der Waals surface area contributed by atoms with Crippen molar-refractivity contribution in [1.29, 1.82) is 0 Å². The first-order valence-electron chi connectivity index (χ1n) is 21.8. The zero-order valence-corrected chi connectivity index (χ0v) is 33.7. The van der Waals surface area contributed by atoms with E-state index < -0.39 is 5.97 Å². The zero-order chi connectivity index (χ0) is 35.1. The summed E-state index contributed by atoms with van der Waals surface area (Å²) in [5.41, 5.74) is 0. The van der Waals surface area contributed by atoms with Crippen LogP contribution in [-0.2, 0) is 4.79 Å². The highest BCUT2D eigenvalue weighted by molar-refractivity contribution is 5.66. The Hall–Kier alpha value is -0.570. The monoisotopic (exact) mass is 666 g/mol. The molecule has 0 atom stereocenters. The number of aliphatic carboxylic acids is 1. The maximum Gasteiger partial charge on any atom is 0.303 e. The molecule has 0 aromatic rings. The Morgan fingerprint density at radius 2 is 0.596 bits per heavy atom. The van der Waals surface area contributed by atoms with Crippen LogP contribution in [0.5, 0.6) is 0 Å². The fourth-order valence-corrected chi connectivity index (χ4v) is 6.96. The third-order valence-corrected chi connectivity index (χ3v) is 10.1. The molecule has 0 amide bonds. The smallest absolute Gasteiger partial charge is 0.303 e. The Balaban J connectivity index is 0. The van der Waals surface area contributed by atoms with Gasteiger partial charge in [0.2, 0.25) is 0 Å². The minimum absolute atomic E-state index is 0.345. The molecular weight excluding hydrogens is 574 g/mol. The molecule has 0 unspecified atom stereocenters. The predicted molar refractivity (Wildman–Crippen MR) is 213 cm³/mol. The lowest BCUT2D eigenvalue weighted by molar-refractivity contribution is -0.137. The number of carboxylic acid groups (broad SMARTS) is 1. The van der Waals surface area contributed by atoms with Gasteiger partial charge in [0.15, 0.2) is 0 Å². The predicted octanol–water partition coefficient (Wildman–Crippen LogP) is 15.5. The number of rotatable bonds is 37. The molecule has 0 aromatic carbocycles. The van der Waals surface area contributed by atoms with Crippen LogP contribution >= 0.6 is 0 Å². The van der Waals surface area contributed by atoms with Gasteiger partial charge in [-0.15, -0.1) is 0 Å². The van der Waals surface area contributed by atoms with Crippen molar-refractivity contribution in [1.82, 2.24) is 4.90 Å². The summed E-state index contributed by atoms with van der Waals surface area (Å²) in [6.45, 7) is 15.2. The number of hydrogen-bond donors (Lipinski definition) is 1. The van der Waals surface area contributed by atoms with E-state index in [-0.39, 0.29) is 0 Å². The maximum atomic E-state index is 10.3. The molecule has 0 rings (SSSR count). The summed E-state index contributed by atoms with van der Waals surface area (Å²) in [7, 11) is 0.